The minimum absolute atomic E-state index is 0.163. The van der Waals surface area contributed by atoms with Gasteiger partial charge in [0.1, 0.15) is 6.61 Å². The van der Waals surface area contributed by atoms with E-state index in [9.17, 15) is 9.59 Å². The van der Waals surface area contributed by atoms with Gasteiger partial charge in [0.2, 0.25) is 0 Å². The van der Waals surface area contributed by atoms with Crippen LogP contribution in [-0.4, -0.2) is 18.9 Å². The molecule has 0 spiro atoms. The Morgan fingerprint density at radius 3 is 2.45 bits per heavy atom. The number of hydrogen-bond donors (Lipinski definition) is 2. The van der Waals surface area contributed by atoms with Gasteiger partial charge in [-0.1, -0.05) is 66.2 Å². The Morgan fingerprint density at radius 2 is 1.73 bits per heavy atom. The maximum atomic E-state index is 13.3. The average Bonchev–Trinajstić information content (AvgIpc) is 2.83. The highest BCUT2D eigenvalue weighted by atomic mass is 35.5. The van der Waals surface area contributed by atoms with Crippen molar-refractivity contribution in [3.8, 4) is 11.5 Å². The van der Waals surface area contributed by atoms with E-state index < -0.39 is 6.04 Å². The van der Waals surface area contributed by atoms with Crippen molar-refractivity contribution in [2.24, 2.45) is 0 Å². The summed E-state index contributed by atoms with van der Waals surface area (Å²) in [5, 5.41) is 6.18. The Bertz CT molecular complexity index is 1220. The second-order valence-electron chi connectivity index (χ2n) is 7.56. The number of methoxy groups -OCH3 is 1. The third-order valence-corrected chi connectivity index (χ3v) is 5.78. The first kappa shape index (κ1) is 22.4. The molecule has 0 fully saturated rings. The van der Waals surface area contributed by atoms with Crippen molar-refractivity contribution in [2.75, 3.05) is 7.11 Å². The molecule has 0 saturated carbocycles. The lowest BCUT2D eigenvalue weighted by molar-refractivity contribution is 0.102. The van der Waals surface area contributed by atoms with Gasteiger partial charge in [-0.25, -0.2) is 4.79 Å². The summed E-state index contributed by atoms with van der Waals surface area (Å²) in [5.41, 5.74) is 3.07. The highest BCUT2D eigenvalue weighted by Gasteiger charge is 2.32. The van der Waals surface area contributed by atoms with E-state index in [2.05, 4.69) is 10.6 Å². The van der Waals surface area contributed by atoms with Crippen LogP contribution in [-0.2, 0) is 6.61 Å². The number of Topliss-reactive ketones (excluding diaryl/α,β-unsaturated/α-hetero) is 1. The summed E-state index contributed by atoms with van der Waals surface area (Å²) in [5.74, 6) is 0.846. The van der Waals surface area contributed by atoms with Crippen molar-refractivity contribution in [2.45, 2.75) is 19.6 Å². The van der Waals surface area contributed by atoms with Crippen LogP contribution in [0, 0.1) is 0 Å². The van der Waals surface area contributed by atoms with Gasteiger partial charge in [-0.05, 0) is 30.7 Å². The number of nitrogens with one attached hydrogen (secondary N) is 2. The van der Waals surface area contributed by atoms with Gasteiger partial charge in [-0.15, -0.1) is 0 Å². The van der Waals surface area contributed by atoms with Gasteiger partial charge < -0.3 is 20.1 Å². The van der Waals surface area contributed by atoms with Gasteiger partial charge in [0.15, 0.2) is 17.3 Å². The lowest BCUT2D eigenvalue weighted by Crippen LogP contribution is -2.45. The van der Waals surface area contributed by atoms with Crippen molar-refractivity contribution >= 4 is 23.4 Å². The van der Waals surface area contributed by atoms with E-state index in [4.69, 9.17) is 21.1 Å². The van der Waals surface area contributed by atoms with Gasteiger partial charge in [-0.2, -0.15) is 0 Å². The smallest absolute Gasteiger partial charge is 0.319 e. The number of ether oxygens (including phenoxy) is 2. The molecule has 0 radical (unpaired) electrons. The maximum absolute atomic E-state index is 13.3. The number of halogens is 1. The summed E-state index contributed by atoms with van der Waals surface area (Å²) in [6.45, 7) is 2.00. The third kappa shape index (κ3) is 4.86. The van der Waals surface area contributed by atoms with E-state index in [1.165, 1.54) is 0 Å². The van der Waals surface area contributed by atoms with Crippen LogP contribution in [0.5, 0.6) is 11.5 Å². The zero-order valence-electron chi connectivity index (χ0n) is 18.2. The first-order valence-electron chi connectivity index (χ1n) is 10.4. The van der Waals surface area contributed by atoms with Crippen LogP contribution in [0.1, 0.15) is 34.5 Å². The molecule has 7 heteroatoms. The molecule has 1 aliphatic heterocycles. The molecule has 0 aliphatic carbocycles. The Morgan fingerprint density at radius 1 is 1.00 bits per heavy atom. The number of ketones is 1. The largest absolute Gasteiger partial charge is 0.493 e. The maximum Gasteiger partial charge on any atom is 0.319 e. The molecule has 33 heavy (non-hydrogen) atoms. The summed E-state index contributed by atoms with van der Waals surface area (Å²) in [4.78, 5) is 25.5. The first-order valence-corrected chi connectivity index (χ1v) is 10.8. The monoisotopic (exact) mass is 462 g/mol. The fourth-order valence-electron chi connectivity index (χ4n) is 3.74. The van der Waals surface area contributed by atoms with Crippen LogP contribution in [0.3, 0.4) is 0 Å². The molecule has 0 saturated heterocycles. The van der Waals surface area contributed by atoms with Crippen molar-refractivity contribution in [1.82, 2.24) is 10.6 Å². The Kier molecular flexibility index (Phi) is 6.66. The van der Waals surface area contributed by atoms with Crippen LogP contribution < -0.4 is 20.1 Å². The predicted molar refractivity (Wildman–Crippen MR) is 127 cm³/mol. The van der Waals surface area contributed by atoms with E-state index in [1.54, 1.807) is 56.5 Å². The summed E-state index contributed by atoms with van der Waals surface area (Å²) >= 11 is 6.22. The second-order valence-corrected chi connectivity index (χ2v) is 7.96. The number of allylic oxidation sites excluding steroid dienone is 1. The molecule has 1 heterocycles. The molecule has 2 amide bonds. The number of benzene rings is 3. The van der Waals surface area contributed by atoms with Gasteiger partial charge in [0.25, 0.3) is 0 Å². The summed E-state index contributed by atoms with van der Waals surface area (Å²) in [6, 6.07) is 20.7. The van der Waals surface area contributed by atoms with E-state index in [1.807, 2.05) is 30.3 Å². The molecule has 6 nitrogen and oxygen atoms in total. The van der Waals surface area contributed by atoms with Crippen molar-refractivity contribution in [1.29, 1.82) is 0 Å². The Balaban J connectivity index is 1.65. The van der Waals surface area contributed by atoms with Gasteiger partial charge in [0.05, 0.1) is 13.2 Å². The van der Waals surface area contributed by atoms with Crippen LogP contribution >= 0.6 is 11.6 Å². The minimum atomic E-state index is -0.641. The number of rotatable bonds is 7. The number of amides is 2. The SMILES string of the molecule is COc1cc(C2NC(=O)NC(C)=C2C(=O)c2ccccc2)ccc1OCc1ccccc1Cl. The van der Waals surface area contributed by atoms with Crippen LogP contribution in [0.15, 0.2) is 84.1 Å². The molecule has 3 aromatic carbocycles. The molecular formula is C26H23ClN2O4. The van der Waals surface area contributed by atoms with Crippen molar-refractivity contribution in [3.05, 3.63) is 106 Å². The van der Waals surface area contributed by atoms with Crippen molar-refractivity contribution in [3.63, 3.8) is 0 Å². The molecular weight excluding hydrogens is 440 g/mol. The van der Waals surface area contributed by atoms with E-state index in [0.717, 1.165) is 5.56 Å². The summed E-state index contributed by atoms with van der Waals surface area (Å²) in [7, 11) is 1.54. The van der Waals surface area contributed by atoms with Crippen LogP contribution in [0.4, 0.5) is 4.79 Å². The van der Waals surface area contributed by atoms with E-state index in [0.29, 0.717) is 38.9 Å². The van der Waals surface area contributed by atoms with E-state index in [-0.39, 0.29) is 18.4 Å². The van der Waals surface area contributed by atoms with E-state index >= 15 is 0 Å². The Labute approximate surface area is 197 Å². The number of hydrogen-bond acceptors (Lipinski definition) is 4. The molecule has 4 rings (SSSR count). The highest BCUT2D eigenvalue weighted by Crippen LogP contribution is 2.36. The lowest BCUT2D eigenvalue weighted by Gasteiger charge is -2.29. The molecule has 0 bridgehead atoms. The Hall–Kier alpha value is -3.77. The number of carbonyl (C=O) groups excluding carboxylic acids is 2. The summed E-state index contributed by atoms with van der Waals surface area (Å²) in [6.07, 6.45) is 0. The number of carbonyl (C=O) groups is 2. The van der Waals surface area contributed by atoms with Crippen molar-refractivity contribution < 1.29 is 19.1 Å². The quantitative estimate of drug-likeness (QED) is 0.458. The zero-order valence-corrected chi connectivity index (χ0v) is 19.0. The lowest BCUT2D eigenvalue weighted by atomic mass is 9.89. The highest BCUT2D eigenvalue weighted by molar-refractivity contribution is 6.31. The summed E-state index contributed by atoms with van der Waals surface area (Å²) < 4.78 is 11.5. The topological polar surface area (TPSA) is 76.7 Å². The van der Waals surface area contributed by atoms with Gasteiger partial charge in [0, 0.05) is 27.4 Å². The predicted octanol–water partition coefficient (Wildman–Crippen LogP) is 5.44. The number of urea groups is 1. The third-order valence-electron chi connectivity index (χ3n) is 5.41. The van der Waals surface area contributed by atoms with Gasteiger partial charge >= 0.3 is 6.03 Å². The standard InChI is InChI=1S/C26H23ClN2O4/c1-16-23(25(30)17-8-4-3-5-9-17)24(29-26(31)28-16)18-12-13-21(22(14-18)32-2)33-15-19-10-6-7-11-20(19)27/h3-14,24H,15H2,1-2H3,(H2,28,29,31). The minimum Gasteiger partial charge on any atom is -0.493 e. The molecule has 168 valence electrons. The fourth-order valence-corrected chi connectivity index (χ4v) is 3.93. The fraction of sp³-hybridized carbons (Fsp3) is 0.154. The first-order chi connectivity index (χ1) is 16.0. The molecule has 2 N–H and O–H groups in total. The van der Waals surface area contributed by atoms with Gasteiger partial charge in [-0.3, -0.25) is 4.79 Å². The van der Waals surface area contributed by atoms with Crippen LogP contribution in [0.25, 0.3) is 0 Å². The normalized spacial score (nSPS) is 15.5. The molecule has 1 aliphatic rings. The molecule has 3 aromatic rings. The second kappa shape index (κ2) is 9.79. The zero-order chi connectivity index (χ0) is 23.4. The molecule has 1 atom stereocenters. The van der Waals surface area contributed by atoms with Crippen LogP contribution in [0.2, 0.25) is 5.02 Å². The molecule has 0 aromatic heterocycles. The average molecular weight is 463 g/mol. The molecule has 1 unspecified atom stereocenters.